The van der Waals surface area contributed by atoms with Crippen molar-refractivity contribution >= 4 is 21.8 Å². The molecule has 1 aromatic heterocycles. The first-order chi connectivity index (χ1) is 13.1. The van der Waals surface area contributed by atoms with Crippen LogP contribution in [-0.4, -0.2) is 35.4 Å². The molecule has 144 valence electrons. The van der Waals surface area contributed by atoms with Gasteiger partial charge in [-0.3, -0.25) is 9.78 Å². The Kier molecular flexibility index (Phi) is 7.24. The average molecular weight is 432 g/mol. The van der Waals surface area contributed by atoms with E-state index >= 15 is 0 Å². The number of benzene rings is 1. The highest BCUT2D eigenvalue weighted by Crippen LogP contribution is 2.24. The number of likely N-dealkylation sites (tertiary alicyclic amines) is 1. The predicted molar refractivity (Wildman–Crippen MR) is 109 cm³/mol. The third-order valence-corrected chi connectivity index (χ3v) is 5.33. The van der Waals surface area contributed by atoms with Gasteiger partial charge in [-0.2, -0.15) is 0 Å². The molecule has 2 heterocycles. The number of nitrogens with one attached hydrogen (secondary N) is 1. The van der Waals surface area contributed by atoms with Gasteiger partial charge in [-0.15, -0.1) is 0 Å². The first-order valence-corrected chi connectivity index (χ1v) is 10.2. The van der Waals surface area contributed by atoms with Crippen molar-refractivity contribution in [3.63, 3.8) is 0 Å². The number of rotatable bonds is 7. The molecule has 27 heavy (non-hydrogen) atoms. The number of carbonyl (C=O) groups is 1. The summed E-state index contributed by atoms with van der Waals surface area (Å²) in [5.41, 5.74) is 2.02. The molecule has 2 aromatic rings. The van der Waals surface area contributed by atoms with Gasteiger partial charge in [-0.05, 0) is 55.6 Å². The second kappa shape index (κ2) is 9.85. The zero-order valence-electron chi connectivity index (χ0n) is 15.7. The Morgan fingerprint density at radius 1 is 1.37 bits per heavy atom. The number of amides is 1. The van der Waals surface area contributed by atoms with Crippen molar-refractivity contribution in [2.45, 2.75) is 32.9 Å². The number of pyridine rings is 1. The fourth-order valence-electron chi connectivity index (χ4n) is 3.39. The SMILES string of the molecule is CC(=O)N1CCCC(CNCc2cc(Br)ccc2OCc2ccccn2)C1. The van der Waals surface area contributed by atoms with Gasteiger partial charge in [0, 0.05) is 42.8 Å². The van der Waals surface area contributed by atoms with Crippen molar-refractivity contribution in [2.75, 3.05) is 19.6 Å². The quantitative estimate of drug-likeness (QED) is 0.724. The van der Waals surface area contributed by atoms with E-state index in [0.717, 1.165) is 60.5 Å². The number of halogens is 1. The second-order valence-corrected chi connectivity index (χ2v) is 7.88. The van der Waals surface area contributed by atoms with E-state index in [9.17, 15) is 4.79 Å². The number of nitrogens with zero attached hydrogens (tertiary/aromatic N) is 2. The van der Waals surface area contributed by atoms with Crippen LogP contribution in [0.15, 0.2) is 47.1 Å². The number of hydrogen-bond acceptors (Lipinski definition) is 4. The van der Waals surface area contributed by atoms with Crippen molar-refractivity contribution in [2.24, 2.45) is 5.92 Å². The normalized spacial score (nSPS) is 17.0. The van der Waals surface area contributed by atoms with Crippen LogP contribution in [0.2, 0.25) is 0 Å². The minimum Gasteiger partial charge on any atom is -0.487 e. The highest BCUT2D eigenvalue weighted by molar-refractivity contribution is 9.10. The summed E-state index contributed by atoms with van der Waals surface area (Å²) in [5, 5.41) is 3.54. The van der Waals surface area contributed by atoms with Crippen LogP contribution in [0.5, 0.6) is 5.75 Å². The van der Waals surface area contributed by atoms with Gasteiger partial charge in [0.25, 0.3) is 0 Å². The first kappa shape index (κ1) is 19.8. The lowest BCUT2D eigenvalue weighted by molar-refractivity contribution is -0.130. The average Bonchev–Trinajstić information content (AvgIpc) is 2.68. The fraction of sp³-hybridized carbons (Fsp3) is 0.429. The Bertz CT molecular complexity index is 754. The lowest BCUT2D eigenvalue weighted by Gasteiger charge is -2.32. The molecule has 1 fully saturated rings. The van der Waals surface area contributed by atoms with Gasteiger partial charge in [0.05, 0.1) is 5.69 Å². The summed E-state index contributed by atoms with van der Waals surface area (Å²) in [4.78, 5) is 17.8. The Morgan fingerprint density at radius 3 is 3.04 bits per heavy atom. The van der Waals surface area contributed by atoms with E-state index in [4.69, 9.17) is 4.74 Å². The summed E-state index contributed by atoms with van der Waals surface area (Å²) >= 11 is 3.54. The molecule has 0 radical (unpaired) electrons. The predicted octanol–water partition coefficient (Wildman–Crippen LogP) is 3.77. The molecule has 0 spiro atoms. The van der Waals surface area contributed by atoms with E-state index in [2.05, 4.69) is 32.3 Å². The first-order valence-electron chi connectivity index (χ1n) is 9.39. The third-order valence-electron chi connectivity index (χ3n) is 4.84. The van der Waals surface area contributed by atoms with E-state index in [1.165, 1.54) is 0 Å². The standard InChI is InChI=1S/C21H26BrN3O2/c1-16(26)25-10-4-5-17(14-25)12-23-13-18-11-19(22)7-8-21(18)27-15-20-6-2-3-9-24-20/h2-3,6-9,11,17,23H,4-5,10,12-15H2,1H3. The lowest BCUT2D eigenvalue weighted by atomic mass is 9.98. The Balaban J connectivity index is 1.54. The maximum atomic E-state index is 11.6. The maximum Gasteiger partial charge on any atom is 0.219 e. The van der Waals surface area contributed by atoms with Crippen LogP contribution in [0.4, 0.5) is 0 Å². The van der Waals surface area contributed by atoms with Crippen LogP contribution in [0.1, 0.15) is 31.0 Å². The fourth-order valence-corrected chi connectivity index (χ4v) is 3.80. The van der Waals surface area contributed by atoms with E-state index in [0.29, 0.717) is 12.5 Å². The van der Waals surface area contributed by atoms with Crippen LogP contribution in [0, 0.1) is 5.92 Å². The number of piperidine rings is 1. The van der Waals surface area contributed by atoms with Crippen LogP contribution in [0.3, 0.4) is 0 Å². The molecular formula is C21H26BrN3O2. The van der Waals surface area contributed by atoms with Gasteiger partial charge < -0.3 is 15.0 Å². The van der Waals surface area contributed by atoms with Crippen molar-refractivity contribution in [3.05, 3.63) is 58.3 Å². The Morgan fingerprint density at radius 2 is 2.26 bits per heavy atom. The summed E-state index contributed by atoms with van der Waals surface area (Å²) in [5.74, 6) is 1.55. The Hall–Kier alpha value is -1.92. The largest absolute Gasteiger partial charge is 0.487 e. The van der Waals surface area contributed by atoms with Gasteiger partial charge in [-0.25, -0.2) is 0 Å². The molecule has 1 aliphatic heterocycles. The molecule has 0 bridgehead atoms. The van der Waals surface area contributed by atoms with Crippen LogP contribution < -0.4 is 10.1 Å². The molecule has 1 atom stereocenters. The van der Waals surface area contributed by atoms with E-state index in [1.54, 1.807) is 13.1 Å². The molecule has 1 amide bonds. The van der Waals surface area contributed by atoms with E-state index in [1.807, 2.05) is 35.2 Å². The van der Waals surface area contributed by atoms with Gasteiger partial charge in [0.1, 0.15) is 12.4 Å². The van der Waals surface area contributed by atoms with Gasteiger partial charge in [0.2, 0.25) is 5.91 Å². The van der Waals surface area contributed by atoms with Crippen LogP contribution in [-0.2, 0) is 17.9 Å². The zero-order valence-corrected chi connectivity index (χ0v) is 17.2. The molecule has 1 unspecified atom stereocenters. The molecule has 1 aliphatic rings. The zero-order chi connectivity index (χ0) is 19.1. The molecule has 0 saturated carbocycles. The van der Waals surface area contributed by atoms with Crippen molar-refractivity contribution in [1.29, 1.82) is 0 Å². The minimum absolute atomic E-state index is 0.178. The highest BCUT2D eigenvalue weighted by atomic mass is 79.9. The van der Waals surface area contributed by atoms with Gasteiger partial charge in [-0.1, -0.05) is 22.0 Å². The van der Waals surface area contributed by atoms with Gasteiger partial charge >= 0.3 is 0 Å². The molecule has 1 N–H and O–H groups in total. The van der Waals surface area contributed by atoms with E-state index in [-0.39, 0.29) is 5.91 Å². The number of aromatic nitrogens is 1. The summed E-state index contributed by atoms with van der Waals surface area (Å²) in [6, 6.07) is 11.9. The molecule has 3 rings (SSSR count). The van der Waals surface area contributed by atoms with Crippen molar-refractivity contribution < 1.29 is 9.53 Å². The summed E-state index contributed by atoms with van der Waals surface area (Å²) < 4.78 is 7.03. The second-order valence-electron chi connectivity index (χ2n) is 6.97. The topological polar surface area (TPSA) is 54.5 Å². The van der Waals surface area contributed by atoms with Crippen molar-refractivity contribution in [1.82, 2.24) is 15.2 Å². The Labute approximate surface area is 169 Å². The summed E-state index contributed by atoms with van der Waals surface area (Å²) in [7, 11) is 0. The number of hydrogen-bond donors (Lipinski definition) is 1. The molecular weight excluding hydrogens is 406 g/mol. The molecule has 6 heteroatoms. The summed E-state index contributed by atoms with van der Waals surface area (Å²) in [6.07, 6.45) is 4.02. The van der Waals surface area contributed by atoms with Gasteiger partial charge in [0.15, 0.2) is 0 Å². The molecule has 1 saturated heterocycles. The van der Waals surface area contributed by atoms with Crippen LogP contribution in [0.25, 0.3) is 0 Å². The summed E-state index contributed by atoms with van der Waals surface area (Å²) in [6.45, 7) is 5.48. The number of ether oxygens (including phenoxy) is 1. The van der Waals surface area contributed by atoms with E-state index < -0.39 is 0 Å². The number of carbonyl (C=O) groups excluding carboxylic acids is 1. The van der Waals surface area contributed by atoms with Crippen molar-refractivity contribution in [3.8, 4) is 5.75 Å². The molecule has 0 aliphatic carbocycles. The third kappa shape index (κ3) is 6.04. The smallest absolute Gasteiger partial charge is 0.219 e. The molecule has 5 nitrogen and oxygen atoms in total. The lowest BCUT2D eigenvalue weighted by Crippen LogP contribution is -2.41. The monoisotopic (exact) mass is 431 g/mol. The molecule has 1 aromatic carbocycles. The highest BCUT2D eigenvalue weighted by Gasteiger charge is 2.21. The minimum atomic E-state index is 0.178. The maximum absolute atomic E-state index is 11.6. The van der Waals surface area contributed by atoms with Crippen LogP contribution >= 0.6 is 15.9 Å².